The molecule has 0 atom stereocenters. The number of hydrogen-bond donors (Lipinski definition) is 2. The number of hydrogen-bond acceptors (Lipinski definition) is 3. The van der Waals surface area contributed by atoms with Gasteiger partial charge in [0, 0.05) is 21.9 Å². The number of fused-ring (bicyclic) bond motifs is 1. The molecule has 1 aromatic carbocycles. The maximum absolute atomic E-state index is 9.18. The van der Waals surface area contributed by atoms with Crippen molar-refractivity contribution in [1.29, 1.82) is 0 Å². The highest BCUT2D eigenvalue weighted by atomic mass is 32.2. The van der Waals surface area contributed by atoms with Crippen LogP contribution in [0.1, 0.15) is 19.4 Å². The summed E-state index contributed by atoms with van der Waals surface area (Å²) in [5.41, 5.74) is 2.32. The molecule has 0 aromatic heterocycles. The van der Waals surface area contributed by atoms with Gasteiger partial charge in [0.25, 0.3) is 0 Å². The second kappa shape index (κ2) is 3.48. The van der Waals surface area contributed by atoms with Crippen LogP contribution in [0.5, 0.6) is 0 Å². The lowest BCUT2D eigenvalue weighted by molar-refractivity contribution is 0.279. The van der Waals surface area contributed by atoms with Crippen LogP contribution in [0.3, 0.4) is 0 Å². The van der Waals surface area contributed by atoms with Gasteiger partial charge in [0.1, 0.15) is 0 Å². The lowest BCUT2D eigenvalue weighted by atomic mass is 10.1. The summed E-state index contributed by atoms with van der Waals surface area (Å²) in [6.45, 7) is 4.50. The lowest BCUT2D eigenvalue weighted by Crippen LogP contribution is -2.36. The Morgan fingerprint density at radius 1 is 1.50 bits per heavy atom. The predicted octanol–water partition coefficient (Wildman–Crippen LogP) is 2.48. The molecule has 1 aliphatic rings. The van der Waals surface area contributed by atoms with Crippen LogP contribution in [0.25, 0.3) is 0 Å². The van der Waals surface area contributed by atoms with Crippen molar-refractivity contribution in [2.45, 2.75) is 30.9 Å². The van der Waals surface area contributed by atoms with Crippen LogP contribution in [-0.4, -0.2) is 16.4 Å². The van der Waals surface area contributed by atoms with Gasteiger partial charge in [0.2, 0.25) is 0 Å². The van der Waals surface area contributed by atoms with E-state index in [2.05, 4.69) is 25.2 Å². The molecule has 1 aliphatic heterocycles. The number of anilines is 1. The van der Waals surface area contributed by atoms with Gasteiger partial charge in [-0.25, -0.2) is 0 Å². The molecule has 1 heterocycles. The predicted molar refractivity (Wildman–Crippen MR) is 60.8 cm³/mol. The van der Waals surface area contributed by atoms with Crippen molar-refractivity contribution in [3.8, 4) is 0 Å². The van der Waals surface area contributed by atoms with Crippen LogP contribution in [0.15, 0.2) is 23.1 Å². The Kier molecular flexibility index (Phi) is 2.45. The van der Waals surface area contributed by atoms with Crippen LogP contribution in [0.2, 0.25) is 0 Å². The van der Waals surface area contributed by atoms with Crippen LogP contribution in [0, 0.1) is 0 Å². The zero-order valence-corrected chi connectivity index (χ0v) is 9.32. The van der Waals surface area contributed by atoms with E-state index >= 15 is 0 Å². The number of thioether (sulfide) groups is 1. The van der Waals surface area contributed by atoms with Gasteiger partial charge in [0.15, 0.2) is 0 Å². The SMILES string of the molecule is CC1(C)CSc2c(CO)cccc2N1. The van der Waals surface area contributed by atoms with Crippen LogP contribution < -0.4 is 5.32 Å². The monoisotopic (exact) mass is 209 g/mol. The molecule has 76 valence electrons. The van der Waals surface area contributed by atoms with Crippen molar-refractivity contribution < 1.29 is 5.11 Å². The smallest absolute Gasteiger partial charge is 0.0693 e. The fraction of sp³-hybridized carbons (Fsp3) is 0.455. The number of aliphatic hydroxyl groups excluding tert-OH is 1. The summed E-state index contributed by atoms with van der Waals surface area (Å²) in [6.07, 6.45) is 0. The van der Waals surface area contributed by atoms with E-state index < -0.39 is 0 Å². The third-order valence-electron chi connectivity index (χ3n) is 2.32. The topological polar surface area (TPSA) is 32.3 Å². The summed E-state index contributed by atoms with van der Waals surface area (Å²) in [4.78, 5) is 1.20. The first-order chi connectivity index (χ1) is 6.62. The minimum atomic E-state index is 0.123. The van der Waals surface area contributed by atoms with E-state index in [0.29, 0.717) is 0 Å². The molecule has 1 aromatic rings. The quantitative estimate of drug-likeness (QED) is 0.745. The largest absolute Gasteiger partial charge is 0.392 e. The summed E-state index contributed by atoms with van der Waals surface area (Å²) < 4.78 is 0. The molecule has 0 aliphatic carbocycles. The Morgan fingerprint density at radius 3 is 3.00 bits per heavy atom. The van der Waals surface area contributed by atoms with Crippen LogP contribution in [-0.2, 0) is 6.61 Å². The van der Waals surface area contributed by atoms with Gasteiger partial charge in [-0.15, -0.1) is 11.8 Å². The molecular formula is C11H15NOS. The minimum Gasteiger partial charge on any atom is -0.392 e. The molecule has 14 heavy (non-hydrogen) atoms. The van der Waals surface area contributed by atoms with E-state index in [1.807, 2.05) is 23.9 Å². The van der Waals surface area contributed by atoms with Crippen molar-refractivity contribution in [2.24, 2.45) is 0 Å². The van der Waals surface area contributed by atoms with Gasteiger partial charge >= 0.3 is 0 Å². The molecule has 3 heteroatoms. The van der Waals surface area contributed by atoms with Crippen LogP contribution >= 0.6 is 11.8 Å². The van der Waals surface area contributed by atoms with E-state index in [4.69, 9.17) is 0 Å². The first-order valence-corrected chi connectivity index (χ1v) is 5.75. The van der Waals surface area contributed by atoms with Crippen molar-refractivity contribution in [2.75, 3.05) is 11.1 Å². The lowest BCUT2D eigenvalue weighted by Gasteiger charge is -2.34. The Balaban J connectivity index is 2.40. The molecule has 0 bridgehead atoms. The van der Waals surface area contributed by atoms with Gasteiger partial charge in [-0.05, 0) is 25.5 Å². The molecule has 2 nitrogen and oxygen atoms in total. The molecule has 0 spiro atoms. The van der Waals surface area contributed by atoms with E-state index in [9.17, 15) is 5.11 Å². The van der Waals surface area contributed by atoms with E-state index in [1.54, 1.807) is 0 Å². The molecular weight excluding hydrogens is 194 g/mol. The second-order valence-electron chi connectivity index (χ2n) is 4.25. The summed E-state index contributed by atoms with van der Waals surface area (Å²) in [6, 6.07) is 6.04. The van der Waals surface area contributed by atoms with Gasteiger partial charge in [-0.1, -0.05) is 12.1 Å². The summed E-state index contributed by atoms with van der Waals surface area (Å²) in [7, 11) is 0. The molecule has 0 unspecified atom stereocenters. The van der Waals surface area contributed by atoms with E-state index in [-0.39, 0.29) is 12.1 Å². The highest BCUT2D eigenvalue weighted by molar-refractivity contribution is 7.99. The average Bonchev–Trinajstić information content (AvgIpc) is 2.15. The Morgan fingerprint density at radius 2 is 2.29 bits per heavy atom. The zero-order chi connectivity index (χ0) is 10.2. The van der Waals surface area contributed by atoms with Gasteiger partial charge in [0.05, 0.1) is 6.61 Å². The molecule has 2 N–H and O–H groups in total. The molecule has 0 radical (unpaired) electrons. The van der Waals surface area contributed by atoms with Crippen molar-refractivity contribution >= 4 is 17.4 Å². The first kappa shape index (κ1) is 9.87. The molecule has 0 saturated heterocycles. The summed E-state index contributed by atoms with van der Waals surface area (Å²) in [5.74, 6) is 1.04. The molecule has 2 rings (SSSR count). The molecule has 0 saturated carbocycles. The highest BCUT2D eigenvalue weighted by Gasteiger charge is 2.25. The van der Waals surface area contributed by atoms with Crippen molar-refractivity contribution in [1.82, 2.24) is 0 Å². The maximum atomic E-state index is 9.18. The fourth-order valence-corrected chi connectivity index (χ4v) is 2.80. The maximum Gasteiger partial charge on any atom is 0.0693 e. The number of nitrogens with one attached hydrogen (secondary N) is 1. The van der Waals surface area contributed by atoms with Crippen molar-refractivity contribution in [3.05, 3.63) is 23.8 Å². The molecule has 0 fully saturated rings. The first-order valence-electron chi connectivity index (χ1n) is 4.76. The van der Waals surface area contributed by atoms with E-state index in [0.717, 1.165) is 17.0 Å². The van der Waals surface area contributed by atoms with Gasteiger partial charge < -0.3 is 10.4 Å². The third-order valence-corrected chi connectivity index (χ3v) is 3.95. The Bertz CT molecular complexity index is 349. The number of aliphatic hydroxyl groups is 1. The number of benzene rings is 1. The second-order valence-corrected chi connectivity index (χ2v) is 5.24. The summed E-state index contributed by atoms with van der Waals surface area (Å²) in [5, 5.41) is 12.7. The van der Waals surface area contributed by atoms with Gasteiger partial charge in [-0.2, -0.15) is 0 Å². The normalized spacial score (nSPS) is 18.5. The average molecular weight is 209 g/mol. The fourth-order valence-electron chi connectivity index (χ4n) is 1.63. The Hall–Kier alpha value is -0.670. The Labute approximate surface area is 88.7 Å². The highest BCUT2D eigenvalue weighted by Crippen LogP contribution is 2.39. The molecule has 0 amide bonds. The summed E-state index contributed by atoms with van der Waals surface area (Å²) >= 11 is 1.82. The number of rotatable bonds is 1. The van der Waals surface area contributed by atoms with E-state index in [1.165, 1.54) is 4.90 Å². The van der Waals surface area contributed by atoms with Gasteiger partial charge in [-0.3, -0.25) is 0 Å². The standard InChI is InChI=1S/C11H15NOS/c1-11(2)7-14-10-8(6-13)4-3-5-9(10)12-11/h3-5,12-13H,6-7H2,1-2H3. The minimum absolute atomic E-state index is 0.123. The van der Waals surface area contributed by atoms with Crippen molar-refractivity contribution in [3.63, 3.8) is 0 Å². The van der Waals surface area contributed by atoms with Crippen LogP contribution in [0.4, 0.5) is 5.69 Å². The third kappa shape index (κ3) is 1.74. The zero-order valence-electron chi connectivity index (χ0n) is 8.50.